The Hall–Kier alpha value is -2.39. The van der Waals surface area contributed by atoms with Gasteiger partial charge in [-0.2, -0.15) is 14.9 Å². The summed E-state index contributed by atoms with van der Waals surface area (Å²) in [4.78, 5) is 5.33. The first-order chi connectivity index (χ1) is 10.8. The summed E-state index contributed by atoms with van der Waals surface area (Å²) in [6, 6.07) is 9.89. The Bertz CT molecular complexity index is 826. The predicted octanol–water partition coefficient (Wildman–Crippen LogP) is 3.68. The number of rotatable bonds is 5. The molecule has 6 heteroatoms. The molecule has 0 radical (unpaired) electrons. The van der Waals surface area contributed by atoms with E-state index in [4.69, 9.17) is 4.74 Å². The van der Waals surface area contributed by atoms with Crippen molar-refractivity contribution in [2.75, 3.05) is 6.61 Å². The van der Waals surface area contributed by atoms with E-state index in [1.54, 1.807) is 4.52 Å². The zero-order valence-corrected chi connectivity index (χ0v) is 13.4. The minimum absolute atomic E-state index is 0.480. The largest absolute Gasteiger partial charge is 0.494 e. The van der Waals surface area contributed by atoms with E-state index in [1.807, 2.05) is 31.2 Å². The molecular formula is C16H16N4OS. The first-order valence-electron chi connectivity index (χ1n) is 7.28. The second kappa shape index (κ2) is 6.16. The van der Waals surface area contributed by atoms with Gasteiger partial charge in [-0.25, -0.2) is 4.98 Å². The van der Waals surface area contributed by atoms with E-state index < -0.39 is 0 Å². The van der Waals surface area contributed by atoms with Gasteiger partial charge in [0.15, 0.2) is 5.69 Å². The summed E-state index contributed by atoms with van der Waals surface area (Å²) in [7, 11) is 0. The van der Waals surface area contributed by atoms with E-state index in [0.29, 0.717) is 18.0 Å². The monoisotopic (exact) mass is 312 g/mol. The molecular weight excluding hydrogens is 296 g/mol. The lowest BCUT2D eigenvalue weighted by Gasteiger charge is -2.04. The number of nitriles is 1. The van der Waals surface area contributed by atoms with Crippen molar-refractivity contribution in [3.05, 3.63) is 35.0 Å². The molecule has 1 aromatic carbocycles. The van der Waals surface area contributed by atoms with Gasteiger partial charge in [-0.1, -0.05) is 25.2 Å². The number of nitrogens with zero attached hydrogens (tertiary/aromatic N) is 4. The first-order valence-corrected chi connectivity index (χ1v) is 8.10. The molecule has 0 saturated heterocycles. The fourth-order valence-electron chi connectivity index (χ4n) is 2.16. The van der Waals surface area contributed by atoms with Gasteiger partial charge in [-0.3, -0.25) is 0 Å². The number of hydrogen-bond donors (Lipinski definition) is 0. The quantitative estimate of drug-likeness (QED) is 0.721. The third kappa shape index (κ3) is 2.55. The molecule has 2 heterocycles. The molecule has 0 amide bonds. The molecule has 0 saturated carbocycles. The number of ether oxygens (including phenoxy) is 1. The van der Waals surface area contributed by atoms with Gasteiger partial charge < -0.3 is 4.74 Å². The Balaban J connectivity index is 1.99. The molecule has 0 fully saturated rings. The highest BCUT2D eigenvalue weighted by Gasteiger charge is 2.17. The normalized spacial score (nSPS) is 10.8. The number of benzene rings is 1. The Kier molecular flexibility index (Phi) is 4.07. The van der Waals surface area contributed by atoms with Crippen LogP contribution in [0.2, 0.25) is 0 Å². The smallest absolute Gasteiger partial charge is 0.214 e. The maximum atomic E-state index is 9.45. The lowest BCUT2D eigenvalue weighted by Crippen LogP contribution is -1.95. The topological polar surface area (TPSA) is 63.2 Å². The van der Waals surface area contributed by atoms with Crippen LogP contribution < -0.4 is 4.74 Å². The third-order valence-corrected chi connectivity index (χ3v) is 4.31. The van der Waals surface area contributed by atoms with Crippen LogP contribution in [-0.4, -0.2) is 21.2 Å². The molecule has 2 aromatic heterocycles. The number of fused-ring (bicyclic) bond motifs is 1. The lowest BCUT2D eigenvalue weighted by molar-refractivity contribution is 0.317. The van der Waals surface area contributed by atoms with Crippen LogP contribution in [0.1, 0.15) is 31.0 Å². The number of imidazole rings is 1. The molecule has 0 aliphatic carbocycles. The highest BCUT2D eigenvalue weighted by atomic mass is 32.1. The zero-order chi connectivity index (χ0) is 15.5. The van der Waals surface area contributed by atoms with Gasteiger partial charge >= 0.3 is 0 Å². The van der Waals surface area contributed by atoms with Crippen LogP contribution in [0.3, 0.4) is 0 Å². The molecule has 3 rings (SSSR count). The summed E-state index contributed by atoms with van der Waals surface area (Å²) in [5, 5.41) is 14.9. The van der Waals surface area contributed by atoms with Crippen molar-refractivity contribution in [3.8, 4) is 23.1 Å². The van der Waals surface area contributed by atoms with Crippen molar-refractivity contribution in [2.45, 2.75) is 26.7 Å². The van der Waals surface area contributed by atoms with E-state index in [9.17, 15) is 5.26 Å². The van der Waals surface area contributed by atoms with Crippen LogP contribution in [0.25, 0.3) is 16.2 Å². The molecule has 0 bridgehead atoms. The summed E-state index contributed by atoms with van der Waals surface area (Å²) < 4.78 is 7.22. The van der Waals surface area contributed by atoms with Gasteiger partial charge in [0, 0.05) is 5.56 Å². The average Bonchev–Trinajstić information content (AvgIpc) is 3.10. The number of aryl methyl sites for hydroxylation is 1. The number of hydrogen-bond acceptors (Lipinski definition) is 5. The third-order valence-electron chi connectivity index (χ3n) is 3.25. The second-order valence-electron chi connectivity index (χ2n) is 4.84. The summed E-state index contributed by atoms with van der Waals surface area (Å²) in [6.45, 7) is 4.82. The van der Waals surface area contributed by atoms with Crippen LogP contribution in [0.15, 0.2) is 24.3 Å². The van der Waals surface area contributed by atoms with Crippen LogP contribution >= 0.6 is 11.3 Å². The van der Waals surface area contributed by atoms with E-state index in [-0.39, 0.29) is 0 Å². The zero-order valence-electron chi connectivity index (χ0n) is 12.5. The Labute approximate surface area is 132 Å². The predicted molar refractivity (Wildman–Crippen MR) is 86.2 cm³/mol. The molecule has 0 spiro atoms. The molecule has 3 aromatic rings. The SMILES string of the molecule is CCCOc1ccc(-c2nc3sc(CC)nn3c2C#N)cc1. The fourth-order valence-corrected chi connectivity index (χ4v) is 2.99. The van der Waals surface area contributed by atoms with Crippen molar-refractivity contribution >= 4 is 16.3 Å². The lowest BCUT2D eigenvalue weighted by atomic mass is 10.1. The summed E-state index contributed by atoms with van der Waals surface area (Å²) in [5.41, 5.74) is 2.05. The Morgan fingerprint density at radius 2 is 2.05 bits per heavy atom. The van der Waals surface area contributed by atoms with Gasteiger partial charge in [0.1, 0.15) is 22.5 Å². The van der Waals surface area contributed by atoms with Crippen molar-refractivity contribution in [2.24, 2.45) is 0 Å². The maximum absolute atomic E-state index is 9.45. The molecule has 0 aliphatic rings. The summed E-state index contributed by atoms with van der Waals surface area (Å²) in [5.74, 6) is 0.830. The Morgan fingerprint density at radius 1 is 1.27 bits per heavy atom. The molecule has 0 atom stereocenters. The van der Waals surface area contributed by atoms with Crippen LogP contribution in [0.4, 0.5) is 0 Å². The molecule has 0 aliphatic heterocycles. The molecule has 112 valence electrons. The van der Waals surface area contributed by atoms with Gasteiger partial charge in [0.2, 0.25) is 4.96 Å². The van der Waals surface area contributed by atoms with E-state index in [0.717, 1.165) is 34.1 Å². The van der Waals surface area contributed by atoms with Gasteiger partial charge in [0.25, 0.3) is 0 Å². The summed E-state index contributed by atoms with van der Waals surface area (Å²) in [6.07, 6.45) is 1.82. The van der Waals surface area contributed by atoms with Crippen molar-refractivity contribution in [3.63, 3.8) is 0 Å². The highest BCUT2D eigenvalue weighted by Crippen LogP contribution is 2.28. The molecule has 22 heavy (non-hydrogen) atoms. The highest BCUT2D eigenvalue weighted by molar-refractivity contribution is 7.16. The van der Waals surface area contributed by atoms with Crippen LogP contribution in [-0.2, 0) is 6.42 Å². The molecule has 0 N–H and O–H groups in total. The standard InChI is InChI=1S/C16H16N4OS/c1-3-9-21-12-7-5-11(6-8-12)15-13(10-17)20-16(18-15)22-14(4-2)19-20/h5-8H,3-4,9H2,1-2H3. The second-order valence-corrected chi connectivity index (χ2v) is 5.88. The minimum atomic E-state index is 0.480. The van der Waals surface area contributed by atoms with Crippen LogP contribution in [0.5, 0.6) is 5.75 Å². The molecule has 0 unspecified atom stereocenters. The van der Waals surface area contributed by atoms with Gasteiger partial charge in [-0.05, 0) is 37.1 Å². The van der Waals surface area contributed by atoms with E-state index in [2.05, 4.69) is 23.1 Å². The van der Waals surface area contributed by atoms with Gasteiger partial charge in [-0.15, -0.1) is 0 Å². The Morgan fingerprint density at radius 3 is 2.68 bits per heavy atom. The van der Waals surface area contributed by atoms with Crippen molar-refractivity contribution in [1.29, 1.82) is 5.26 Å². The average molecular weight is 312 g/mol. The van der Waals surface area contributed by atoms with Crippen molar-refractivity contribution in [1.82, 2.24) is 14.6 Å². The summed E-state index contributed by atoms with van der Waals surface area (Å²) >= 11 is 1.52. The number of aromatic nitrogens is 3. The fraction of sp³-hybridized carbons (Fsp3) is 0.312. The molecule has 5 nitrogen and oxygen atoms in total. The van der Waals surface area contributed by atoms with Crippen LogP contribution in [0, 0.1) is 11.3 Å². The first kappa shape index (κ1) is 14.5. The minimum Gasteiger partial charge on any atom is -0.494 e. The van der Waals surface area contributed by atoms with Gasteiger partial charge in [0.05, 0.1) is 6.61 Å². The van der Waals surface area contributed by atoms with Crippen molar-refractivity contribution < 1.29 is 4.74 Å². The van der Waals surface area contributed by atoms with E-state index >= 15 is 0 Å². The maximum Gasteiger partial charge on any atom is 0.214 e. The van der Waals surface area contributed by atoms with E-state index in [1.165, 1.54) is 11.3 Å².